The number of carbonyl (C=O) groups excluding carboxylic acids is 1. The highest BCUT2D eigenvalue weighted by Crippen LogP contribution is 2.44. The fraction of sp³-hybridized carbons (Fsp3) is 0.755. The second kappa shape index (κ2) is 25.7. The zero-order valence-corrected chi connectivity index (χ0v) is 48.3. The topological polar surface area (TPSA) is 233 Å². The lowest BCUT2D eigenvalue weighted by Gasteiger charge is -2.53. The lowest BCUT2D eigenvalue weighted by atomic mass is 9.75. The Labute approximate surface area is 453 Å². The van der Waals surface area contributed by atoms with E-state index in [0.29, 0.717) is 12.3 Å². The smallest absolute Gasteiger partial charge is 0.311 e. The van der Waals surface area contributed by atoms with E-state index < -0.39 is 128 Å². The number of hydrogen-bond acceptors (Lipinski definition) is 17. The Morgan fingerprint density at radius 3 is 2.21 bits per heavy atom. The van der Waals surface area contributed by atoms with Crippen LogP contribution in [0.1, 0.15) is 108 Å². The van der Waals surface area contributed by atoms with Crippen molar-refractivity contribution in [2.45, 2.75) is 203 Å². The van der Waals surface area contributed by atoms with Crippen molar-refractivity contribution >= 4 is 39.2 Å². The van der Waals surface area contributed by atoms with Crippen molar-refractivity contribution in [3.63, 3.8) is 0 Å². The quantitative estimate of drug-likeness (QED) is 0.0808. The Morgan fingerprint density at radius 2 is 1.61 bits per heavy atom. The average molecular weight is 1130 g/mol. The Bertz CT molecular complexity index is 2320. The number of aliphatic hydroxyl groups excluding tert-OH is 1. The van der Waals surface area contributed by atoms with E-state index in [4.69, 9.17) is 61.1 Å². The fourth-order valence-corrected chi connectivity index (χ4v) is 12.9. The third-order valence-corrected chi connectivity index (χ3v) is 18.2. The normalized spacial score (nSPS) is 38.8. The molecule has 0 unspecified atom stereocenters. The largest absolute Gasteiger partial charge is 0.495 e. The molecule has 428 valence electrons. The summed E-state index contributed by atoms with van der Waals surface area (Å²) in [5.41, 5.74) is -6.54. The third-order valence-electron chi connectivity index (χ3n) is 15.8. The minimum atomic E-state index is -4.44. The van der Waals surface area contributed by atoms with Crippen LogP contribution in [-0.4, -0.2) is 170 Å². The Balaban J connectivity index is 1.69. The number of hydrogen-bond donors (Lipinski definition) is 6. The van der Waals surface area contributed by atoms with E-state index in [1.54, 1.807) is 67.5 Å². The average Bonchev–Trinajstić information content (AvgIpc) is 3.35. The van der Waals surface area contributed by atoms with E-state index >= 15 is 0 Å². The summed E-state index contributed by atoms with van der Waals surface area (Å²) in [6.07, 6.45) is -9.66. The number of sulfonamides is 1. The first-order valence-corrected chi connectivity index (χ1v) is 28.2. The number of methoxy groups -OCH3 is 2. The summed E-state index contributed by atoms with van der Waals surface area (Å²) in [6, 6.07) is 5.98. The molecule has 18 atom stereocenters. The van der Waals surface area contributed by atoms with Crippen molar-refractivity contribution in [2.24, 2.45) is 17.8 Å². The van der Waals surface area contributed by atoms with Gasteiger partial charge in [0, 0.05) is 45.1 Å². The summed E-state index contributed by atoms with van der Waals surface area (Å²) >= 11 is 12.7. The molecule has 18 nitrogen and oxygen atoms in total. The van der Waals surface area contributed by atoms with Crippen molar-refractivity contribution in [3.8, 4) is 11.5 Å². The molecule has 3 aliphatic rings. The molecule has 0 bridgehead atoms. The van der Waals surface area contributed by atoms with Gasteiger partial charge in [-0.2, -0.15) is 4.31 Å². The van der Waals surface area contributed by atoms with Crippen LogP contribution in [0.15, 0.2) is 41.3 Å². The van der Waals surface area contributed by atoms with Gasteiger partial charge >= 0.3 is 5.97 Å². The molecule has 2 aromatic rings. The second-order valence-electron chi connectivity index (χ2n) is 21.7. The van der Waals surface area contributed by atoms with Crippen LogP contribution in [0.5, 0.6) is 11.5 Å². The number of halogens is 3. The molecule has 0 radical (unpaired) electrons. The van der Waals surface area contributed by atoms with E-state index in [2.05, 4.69) is 10.6 Å². The van der Waals surface area contributed by atoms with Gasteiger partial charge in [-0.1, -0.05) is 50.9 Å². The van der Waals surface area contributed by atoms with Gasteiger partial charge in [-0.15, -0.1) is 0 Å². The first-order valence-electron chi connectivity index (χ1n) is 26.0. The number of ether oxygens (including phenoxy) is 8. The molecule has 2 aromatic carbocycles. The first-order chi connectivity index (χ1) is 34.9. The van der Waals surface area contributed by atoms with Gasteiger partial charge in [-0.05, 0) is 123 Å². The monoisotopic (exact) mass is 1120 g/mol. The van der Waals surface area contributed by atoms with Gasteiger partial charge < -0.3 is 69.0 Å². The van der Waals surface area contributed by atoms with Crippen LogP contribution in [0, 0.1) is 23.6 Å². The van der Waals surface area contributed by atoms with Crippen LogP contribution < -0.4 is 20.1 Å². The maximum Gasteiger partial charge on any atom is 0.311 e. The van der Waals surface area contributed by atoms with Gasteiger partial charge in [0.2, 0.25) is 10.0 Å². The Morgan fingerprint density at radius 1 is 0.933 bits per heavy atom. The molecular weight excluding hydrogens is 1040 g/mol. The van der Waals surface area contributed by atoms with Crippen molar-refractivity contribution in [1.29, 1.82) is 0 Å². The van der Waals surface area contributed by atoms with E-state index in [0.717, 1.165) is 28.9 Å². The number of nitrogens with zero attached hydrogens (tertiary/aromatic N) is 1. The zero-order chi connectivity index (χ0) is 56.2. The van der Waals surface area contributed by atoms with Crippen LogP contribution in [-0.2, 0) is 43.2 Å². The summed E-state index contributed by atoms with van der Waals surface area (Å²) < 4.78 is 96.2. The molecule has 0 aromatic heterocycles. The highest BCUT2D eigenvalue weighted by molar-refractivity contribution is 7.89. The Kier molecular flexibility index (Phi) is 21.7. The lowest BCUT2D eigenvalue weighted by molar-refractivity contribution is -0.335. The number of benzene rings is 2. The number of rotatable bonds is 16. The minimum absolute atomic E-state index is 0.0184. The number of cyclic esters (lactones) is 1. The van der Waals surface area contributed by atoms with Gasteiger partial charge in [0.25, 0.3) is 0 Å². The Hall–Kier alpha value is -2.51. The van der Waals surface area contributed by atoms with Crippen molar-refractivity contribution in [1.82, 2.24) is 14.9 Å². The standard InChI is InChI=1S/C53H84Cl2FN3O15S/c1-15-21-57-28-53(64)34(8)70-43(26-51(53,10)68-14)73-44-31(5)47(50(9,62)25-29(3)27-58-33(7)46(60)52(11,63)42(16-2)72-48(61)32(44)6)74-49-45(71-35-17-20-41(67-13)38(55)23-35)40(22-30(4)69-49)59(12)75(65,66)36-18-19-39(56)37(54)24-36/h17-20,23-24,29-34,40,42-47,49,57-58,60,62-64H,15-16,21-22,25-28H2,1-14H3/t29-,30-,31+,32-,33-,34+,40+,42-,43+,44+,45-,46-,47-,49+,50-,51-,52-,53+/m1/s1. The van der Waals surface area contributed by atoms with Crippen LogP contribution in [0.3, 0.4) is 0 Å². The molecule has 0 aliphatic carbocycles. The second-order valence-corrected chi connectivity index (χ2v) is 24.5. The minimum Gasteiger partial charge on any atom is -0.495 e. The van der Waals surface area contributed by atoms with Gasteiger partial charge in [0.15, 0.2) is 18.7 Å². The van der Waals surface area contributed by atoms with E-state index in [1.165, 1.54) is 34.3 Å². The predicted octanol–water partition coefficient (Wildman–Crippen LogP) is 6.23. The number of carbonyl (C=O) groups is 1. The van der Waals surface area contributed by atoms with E-state index in [-0.39, 0.29) is 60.4 Å². The molecule has 6 N–H and O–H groups in total. The van der Waals surface area contributed by atoms with Gasteiger partial charge in [-0.3, -0.25) is 4.79 Å². The summed E-state index contributed by atoms with van der Waals surface area (Å²) in [5, 5.41) is 55.2. The van der Waals surface area contributed by atoms with Gasteiger partial charge in [0.1, 0.15) is 46.3 Å². The number of aliphatic hydroxyl groups is 4. The molecule has 3 saturated heterocycles. The molecular formula is C53H84Cl2FN3O15S. The highest BCUT2D eigenvalue weighted by Gasteiger charge is 2.59. The molecule has 22 heteroatoms. The summed E-state index contributed by atoms with van der Waals surface area (Å²) in [4.78, 5) is 14.5. The molecule has 3 fully saturated rings. The van der Waals surface area contributed by atoms with Crippen LogP contribution in [0.4, 0.5) is 4.39 Å². The molecule has 0 spiro atoms. The summed E-state index contributed by atoms with van der Waals surface area (Å²) in [6.45, 7) is 19.9. The van der Waals surface area contributed by atoms with Gasteiger partial charge in [0.05, 0.1) is 64.0 Å². The third kappa shape index (κ3) is 14.1. The first kappa shape index (κ1) is 63.3. The summed E-state index contributed by atoms with van der Waals surface area (Å²) in [7, 11) is -0.137. The number of likely N-dealkylation sites (N-methyl/N-ethyl adjacent to an activating group) is 1. The zero-order valence-electron chi connectivity index (χ0n) is 46.0. The number of esters is 1. The van der Waals surface area contributed by atoms with Crippen LogP contribution in [0.2, 0.25) is 10.0 Å². The molecule has 0 saturated carbocycles. The highest BCUT2D eigenvalue weighted by atomic mass is 35.5. The van der Waals surface area contributed by atoms with Gasteiger partial charge in [-0.25, -0.2) is 12.8 Å². The molecule has 5 rings (SSSR count). The predicted molar refractivity (Wildman–Crippen MR) is 281 cm³/mol. The number of nitrogens with one attached hydrogen (secondary N) is 2. The SMILES string of the molecule is CCCNC[C@]1(O)[C@H](C)O[C@@H](O[C@H]2[C@H](C)[C@@H](O[C@@H]3O[C@H](C)C[C@H](N(C)S(=O)(=O)c4ccc(F)c(Cl)c4)[C@H]3Oc3ccc(OC)c(Cl)c3)[C@](C)(O)C[C@@H](C)CN[C@H](C)[C@@H](O)[C@](C)(O)[C@@H](CC)OC(=O)[C@@H]2C)C[C@@]1(C)OC. The van der Waals surface area contributed by atoms with E-state index in [9.17, 15) is 38.0 Å². The van der Waals surface area contributed by atoms with Crippen molar-refractivity contribution in [3.05, 3.63) is 52.3 Å². The van der Waals surface area contributed by atoms with Crippen molar-refractivity contribution in [2.75, 3.05) is 40.9 Å². The molecule has 3 aliphatic heterocycles. The molecule has 0 amide bonds. The molecule has 3 heterocycles. The van der Waals surface area contributed by atoms with Crippen LogP contribution in [0.25, 0.3) is 0 Å². The molecule has 75 heavy (non-hydrogen) atoms. The maximum absolute atomic E-state index is 14.8. The lowest BCUT2D eigenvalue weighted by Crippen LogP contribution is -2.70. The van der Waals surface area contributed by atoms with Crippen molar-refractivity contribution < 1.29 is 75.9 Å². The maximum atomic E-state index is 14.8. The van der Waals surface area contributed by atoms with Crippen LogP contribution >= 0.6 is 23.2 Å². The fourth-order valence-electron chi connectivity index (χ4n) is 11.0. The van der Waals surface area contributed by atoms with E-state index in [1.807, 2.05) is 13.8 Å². The summed E-state index contributed by atoms with van der Waals surface area (Å²) in [5.74, 6) is -3.63.